The van der Waals surface area contributed by atoms with Crippen LogP contribution in [0.3, 0.4) is 0 Å². The van der Waals surface area contributed by atoms with Crippen molar-refractivity contribution in [3.63, 3.8) is 0 Å². The Morgan fingerprint density at radius 3 is 2.16 bits per heavy atom. The minimum Gasteiger partial charge on any atom is -0.455 e. The quantitative estimate of drug-likeness (QED) is 0.175. The van der Waals surface area contributed by atoms with Gasteiger partial charge in [-0.2, -0.15) is 0 Å². The van der Waals surface area contributed by atoms with Crippen LogP contribution >= 0.6 is 0 Å². The molecule has 0 bridgehead atoms. The van der Waals surface area contributed by atoms with Crippen molar-refractivity contribution in [1.82, 2.24) is 0 Å². The van der Waals surface area contributed by atoms with E-state index in [2.05, 4.69) is 121 Å². The molecule has 0 fully saturated rings. The van der Waals surface area contributed by atoms with Gasteiger partial charge in [-0.15, -0.1) is 0 Å². The molecule has 2 nitrogen and oxygen atoms in total. The minimum atomic E-state index is 0.134. The van der Waals surface area contributed by atoms with Gasteiger partial charge in [0, 0.05) is 17.0 Å². The Morgan fingerprint density at radius 2 is 1.46 bits per heavy atom. The molecule has 0 unspecified atom stereocenters. The zero-order valence-corrected chi connectivity index (χ0v) is 23.5. The van der Waals surface area contributed by atoms with E-state index in [0.29, 0.717) is 0 Å². The van der Waals surface area contributed by atoms with Crippen LogP contribution in [0.5, 0.6) is 11.5 Å². The van der Waals surface area contributed by atoms with E-state index in [1.165, 1.54) is 60.3 Å². The van der Waals surface area contributed by atoms with Crippen molar-refractivity contribution in [2.24, 2.45) is 17.9 Å². The molecule has 1 aliphatic heterocycles. The Labute approximate surface area is 220 Å². The number of aromatic nitrogens is 1. The maximum absolute atomic E-state index is 7.01. The standard InChI is InChI=1S/C35H38NO/c1-21-24-14-9-10-15-25(24)27(20-35(5,6)7)33-29(21)32-31-26(16-17-36(32)8)30-22(18-28(31)37-33)12-11-13-23(30)19-34(2,3)4/h9-18H,19-20H2,1-8H3/q+1. The molecule has 0 N–H and O–H groups in total. The molecule has 5 aromatic rings. The summed E-state index contributed by atoms with van der Waals surface area (Å²) < 4.78 is 9.31. The second-order valence-corrected chi connectivity index (χ2v) is 13.4. The molecule has 4 aromatic carbocycles. The summed E-state index contributed by atoms with van der Waals surface area (Å²) in [6.45, 7) is 16.2. The molecule has 2 heterocycles. The zero-order valence-electron chi connectivity index (χ0n) is 23.5. The van der Waals surface area contributed by atoms with Crippen LogP contribution in [0.15, 0.2) is 60.8 Å². The smallest absolute Gasteiger partial charge is 0.228 e. The van der Waals surface area contributed by atoms with Crippen LogP contribution in [0.1, 0.15) is 58.2 Å². The summed E-state index contributed by atoms with van der Waals surface area (Å²) in [7, 11) is 2.18. The number of ether oxygens (including phenoxy) is 1. The molecule has 0 saturated heterocycles. The highest BCUT2D eigenvalue weighted by atomic mass is 16.5. The fourth-order valence-corrected chi connectivity index (χ4v) is 6.35. The van der Waals surface area contributed by atoms with Crippen LogP contribution in [-0.2, 0) is 19.9 Å². The van der Waals surface area contributed by atoms with Crippen molar-refractivity contribution in [3.05, 3.63) is 77.5 Å². The van der Waals surface area contributed by atoms with Gasteiger partial charge in [0.1, 0.15) is 18.5 Å². The van der Waals surface area contributed by atoms with Gasteiger partial charge >= 0.3 is 0 Å². The predicted octanol–water partition coefficient (Wildman–Crippen LogP) is 9.23. The first kappa shape index (κ1) is 24.0. The minimum absolute atomic E-state index is 0.134. The van der Waals surface area contributed by atoms with Crippen molar-refractivity contribution < 1.29 is 9.30 Å². The van der Waals surface area contributed by atoms with E-state index in [0.717, 1.165) is 24.3 Å². The normalized spacial score (nSPS) is 13.3. The molecule has 0 saturated carbocycles. The maximum Gasteiger partial charge on any atom is 0.228 e. The molecule has 0 spiro atoms. The summed E-state index contributed by atoms with van der Waals surface area (Å²) in [4.78, 5) is 0. The SMILES string of the molecule is Cc1c2c(c(CC(C)(C)C)c3ccccc13)Oc1cc3cccc(CC(C)(C)C)c3c3cc[n+](C)c-2c13. The van der Waals surface area contributed by atoms with Crippen molar-refractivity contribution >= 4 is 32.3 Å². The molecule has 188 valence electrons. The summed E-state index contributed by atoms with van der Waals surface area (Å²) in [5.41, 5.74) is 6.86. The lowest BCUT2D eigenvalue weighted by Gasteiger charge is -2.28. The number of hydrogen-bond donors (Lipinski definition) is 0. The van der Waals surface area contributed by atoms with Gasteiger partial charge in [-0.3, -0.25) is 0 Å². The second kappa shape index (κ2) is 8.05. The van der Waals surface area contributed by atoms with Crippen LogP contribution in [0.2, 0.25) is 0 Å². The largest absolute Gasteiger partial charge is 0.455 e. The predicted molar refractivity (Wildman–Crippen MR) is 157 cm³/mol. The average Bonchev–Trinajstić information content (AvgIpc) is 2.81. The van der Waals surface area contributed by atoms with Gasteiger partial charge in [0.2, 0.25) is 5.69 Å². The van der Waals surface area contributed by atoms with Crippen molar-refractivity contribution in [2.45, 2.75) is 61.3 Å². The first-order chi connectivity index (χ1) is 17.4. The van der Waals surface area contributed by atoms with Gasteiger partial charge in [-0.25, -0.2) is 4.57 Å². The highest BCUT2D eigenvalue weighted by molar-refractivity contribution is 6.17. The van der Waals surface area contributed by atoms with Crippen LogP contribution in [0.4, 0.5) is 0 Å². The third-order valence-electron chi connectivity index (χ3n) is 7.72. The molecular formula is C35H38NO+. The molecule has 1 aromatic heterocycles. The van der Waals surface area contributed by atoms with Crippen LogP contribution < -0.4 is 9.30 Å². The monoisotopic (exact) mass is 488 g/mol. The van der Waals surface area contributed by atoms with Crippen LogP contribution in [-0.4, -0.2) is 0 Å². The van der Waals surface area contributed by atoms with Crippen molar-refractivity contribution in [3.8, 4) is 22.8 Å². The highest BCUT2D eigenvalue weighted by Gasteiger charge is 2.34. The average molecular weight is 489 g/mol. The Kier molecular flexibility index (Phi) is 5.22. The topological polar surface area (TPSA) is 13.1 Å². The Morgan fingerprint density at radius 1 is 0.757 bits per heavy atom. The summed E-state index contributed by atoms with van der Waals surface area (Å²) >= 11 is 0. The lowest BCUT2D eigenvalue weighted by atomic mass is 9.81. The molecule has 6 rings (SSSR count). The molecule has 0 atom stereocenters. The third kappa shape index (κ3) is 3.89. The van der Waals surface area contributed by atoms with Crippen LogP contribution in [0, 0.1) is 17.8 Å². The van der Waals surface area contributed by atoms with Crippen molar-refractivity contribution in [1.29, 1.82) is 0 Å². The van der Waals surface area contributed by atoms with Gasteiger partial charge in [-0.1, -0.05) is 84.0 Å². The Balaban J connectivity index is 1.77. The Hall–Kier alpha value is -3.39. The number of hydrogen-bond acceptors (Lipinski definition) is 1. The lowest BCUT2D eigenvalue weighted by Crippen LogP contribution is -2.32. The fraction of sp³-hybridized carbons (Fsp3) is 0.343. The Bertz CT molecular complexity index is 1730. The molecular weight excluding hydrogens is 450 g/mol. The molecule has 0 radical (unpaired) electrons. The maximum atomic E-state index is 7.01. The van der Waals surface area contributed by atoms with E-state index in [-0.39, 0.29) is 10.8 Å². The summed E-state index contributed by atoms with van der Waals surface area (Å²) in [6, 6.07) is 20.2. The fourth-order valence-electron chi connectivity index (χ4n) is 6.35. The van der Waals surface area contributed by atoms with E-state index in [4.69, 9.17) is 4.74 Å². The third-order valence-corrected chi connectivity index (χ3v) is 7.72. The number of benzene rings is 4. The number of aryl methyl sites for hydroxylation is 2. The molecule has 0 aliphatic carbocycles. The lowest BCUT2D eigenvalue weighted by molar-refractivity contribution is -0.659. The summed E-state index contributed by atoms with van der Waals surface area (Å²) in [5.74, 6) is 2.01. The van der Waals surface area contributed by atoms with Gasteiger partial charge in [-0.05, 0) is 69.3 Å². The van der Waals surface area contributed by atoms with Crippen LogP contribution in [0.25, 0.3) is 43.6 Å². The number of nitrogens with zero attached hydrogens (tertiary/aromatic N) is 1. The highest BCUT2D eigenvalue weighted by Crippen LogP contribution is 2.53. The van der Waals surface area contributed by atoms with E-state index in [1.807, 2.05) is 0 Å². The molecule has 1 aliphatic rings. The number of pyridine rings is 1. The van der Waals surface area contributed by atoms with E-state index < -0.39 is 0 Å². The first-order valence-corrected chi connectivity index (χ1v) is 13.5. The second-order valence-electron chi connectivity index (χ2n) is 13.4. The molecule has 37 heavy (non-hydrogen) atoms. The van der Waals surface area contributed by atoms with E-state index in [1.54, 1.807) is 0 Å². The van der Waals surface area contributed by atoms with Gasteiger partial charge in [0.05, 0.1) is 10.9 Å². The molecule has 2 heteroatoms. The van der Waals surface area contributed by atoms with Gasteiger partial charge in [0.25, 0.3) is 0 Å². The first-order valence-electron chi connectivity index (χ1n) is 13.5. The van der Waals surface area contributed by atoms with E-state index >= 15 is 0 Å². The number of fused-ring (bicyclic) bond motifs is 5. The molecule has 0 amide bonds. The summed E-state index contributed by atoms with van der Waals surface area (Å²) in [5, 5.41) is 7.75. The van der Waals surface area contributed by atoms with E-state index in [9.17, 15) is 0 Å². The summed E-state index contributed by atoms with van der Waals surface area (Å²) in [6.07, 6.45) is 4.22. The van der Waals surface area contributed by atoms with Gasteiger partial charge in [0.15, 0.2) is 6.20 Å². The zero-order chi connectivity index (χ0) is 26.3. The van der Waals surface area contributed by atoms with Gasteiger partial charge < -0.3 is 4.74 Å². The number of rotatable bonds is 2. The van der Waals surface area contributed by atoms with Crippen molar-refractivity contribution in [2.75, 3.05) is 0 Å².